The summed E-state index contributed by atoms with van der Waals surface area (Å²) in [6, 6.07) is 18.3. The zero-order valence-corrected chi connectivity index (χ0v) is 20.9. The lowest BCUT2D eigenvalue weighted by molar-refractivity contribution is -0.134. The van der Waals surface area contributed by atoms with Crippen molar-refractivity contribution in [3.63, 3.8) is 0 Å². The van der Waals surface area contributed by atoms with Gasteiger partial charge in [0.2, 0.25) is 11.8 Å². The van der Waals surface area contributed by atoms with Gasteiger partial charge in [-0.2, -0.15) is 0 Å². The van der Waals surface area contributed by atoms with Gasteiger partial charge in [0.05, 0.1) is 31.2 Å². The molecule has 0 aromatic heterocycles. The molecule has 10 heteroatoms. The summed E-state index contributed by atoms with van der Waals surface area (Å²) in [5, 5.41) is 3.28. The van der Waals surface area contributed by atoms with Crippen molar-refractivity contribution in [2.45, 2.75) is 6.54 Å². The minimum absolute atomic E-state index is 0.0841. The number of benzene rings is 3. The van der Waals surface area contributed by atoms with Gasteiger partial charge in [-0.15, -0.1) is 0 Å². The van der Waals surface area contributed by atoms with Crippen LogP contribution in [0.3, 0.4) is 0 Å². The first kappa shape index (κ1) is 25.7. The summed E-state index contributed by atoms with van der Waals surface area (Å²) in [5.74, 6) is -1.49. The van der Waals surface area contributed by atoms with Gasteiger partial charge in [0.15, 0.2) is 0 Å². The summed E-state index contributed by atoms with van der Waals surface area (Å²) in [6.07, 6.45) is 0. The normalized spacial score (nSPS) is 12.2. The second kappa shape index (κ2) is 11.1. The third kappa shape index (κ3) is 5.73. The van der Waals surface area contributed by atoms with Crippen LogP contribution < -0.4 is 19.7 Å². The van der Waals surface area contributed by atoms with E-state index >= 15 is 0 Å². The van der Waals surface area contributed by atoms with Crippen molar-refractivity contribution in [1.29, 1.82) is 0 Å². The van der Waals surface area contributed by atoms with Crippen molar-refractivity contribution in [1.82, 2.24) is 4.90 Å². The molecule has 3 amide bonds. The van der Waals surface area contributed by atoms with Gasteiger partial charge in [0, 0.05) is 17.6 Å². The van der Waals surface area contributed by atoms with Crippen molar-refractivity contribution < 1.29 is 28.7 Å². The van der Waals surface area contributed by atoms with Crippen molar-refractivity contribution in [3.05, 3.63) is 82.9 Å². The number of fused-ring (bicyclic) bond motifs is 1. The smallest absolute Gasteiger partial charge is 0.299 e. The van der Waals surface area contributed by atoms with Crippen LogP contribution >= 0.6 is 11.6 Å². The van der Waals surface area contributed by atoms with Crippen molar-refractivity contribution in [3.8, 4) is 11.5 Å². The van der Waals surface area contributed by atoms with Crippen LogP contribution in [-0.4, -0.2) is 55.7 Å². The van der Waals surface area contributed by atoms with Gasteiger partial charge in [-0.1, -0.05) is 35.9 Å². The molecule has 0 aliphatic carbocycles. The van der Waals surface area contributed by atoms with E-state index in [9.17, 15) is 19.2 Å². The zero-order chi connectivity index (χ0) is 26.5. The number of rotatable bonds is 9. The van der Waals surface area contributed by atoms with E-state index in [-0.39, 0.29) is 18.7 Å². The molecule has 9 nitrogen and oxygen atoms in total. The molecule has 1 heterocycles. The van der Waals surface area contributed by atoms with Gasteiger partial charge >= 0.3 is 0 Å². The number of nitrogens with one attached hydrogen (secondary N) is 1. The molecule has 3 aromatic carbocycles. The second-order valence-corrected chi connectivity index (χ2v) is 8.66. The molecule has 0 saturated carbocycles. The fraction of sp³-hybridized carbons (Fsp3) is 0.185. The molecule has 3 aromatic rings. The Balaban J connectivity index is 1.55. The number of halogens is 1. The van der Waals surface area contributed by atoms with E-state index in [0.717, 1.165) is 10.5 Å². The summed E-state index contributed by atoms with van der Waals surface area (Å²) in [4.78, 5) is 53.8. The van der Waals surface area contributed by atoms with Crippen LogP contribution in [-0.2, 0) is 20.9 Å². The predicted molar refractivity (Wildman–Crippen MR) is 138 cm³/mol. The number of carbonyl (C=O) groups excluding carboxylic acids is 4. The van der Waals surface area contributed by atoms with Gasteiger partial charge in [-0.05, 0) is 42.0 Å². The lowest BCUT2D eigenvalue weighted by Gasteiger charge is -2.25. The van der Waals surface area contributed by atoms with E-state index in [0.29, 0.717) is 27.9 Å². The van der Waals surface area contributed by atoms with Crippen molar-refractivity contribution in [2.24, 2.45) is 0 Å². The van der Waals surface area contributed by atoms with Crippen LogP contribution in [0.4, 0.5) is 11.4 Å². The Labute approximate surface area is 218 Å². The number of ether oxygens (including phenoxy) is 2. The SMILES string of the molecule is COc1ccc(NC(=O)CN(Cc2ccc(Cl)cc2)C(=O)CN2C(=O)C(=O)c3ccccc32)c(OC)c1. The van der Waals surface area contributed by atoms with Crippen molar-refractivity contribution >= 4 is 46.5 Å². The molecule has 1 aliphatic heterocycles. The first-order valence-corrected chi connectivity index (χ1v) is 11.7. The van der Waals surface area contributed by atoms with Gasteiger partial charge in [0.1, 0.15) is 24.6 Å². The molecule has 0 atom stereocenters. The standard InChI is InChI=1S/C27H24ClN3O6/c1-36-19-11-12-21(23(13-19)37-2)29-24(32)15-30(14-17-7-9-18(28)10-8-17)25(33)16-31-22-6-4-3-5-20(22)26(34)27(31)35/h3-13H,14-16H2,1-2H3,(H,29,32). The molecule has 0 bridgehead atoms. The average molecular weight is 522 g/mol. The van der Waals surface area contributed by atoms with Gasteiger partial charge < -0.3 is 19.7 Å². The van der Waals surface area contributed by atoms with E-state index in [2.05, 4.69) is 5.32 Å². The molecule has 190 valence electrons. The Morgan fingerprint density at radius 3 is 2.41 bits per heavy atom. The maximum Gasteiger partial charge on any atom is 0.299 e. The minimum Gasteiger partial charge on any atom is -0.497 e. The Kier molecular flexibility index (Phi) is 7.74. The monoisotopic (exact) mass is 521 g/mol. The van der Waals surface area contributed by atoms with Gasteiger partial charge in [-0.3, -0.25) is 24.1 Å². The van der Waals surface area contributed by atoms with Crippen molar-refractivity contribution in [2.75, 3.05) is 37.5 Å². The zero-order valence-electron chi connectivity index (χ0n) is 20.2. The molecular formula is C27H24ClN3O6. The van der Waals surface area contributed by atoms with Crippen LogP contribution in [0.5, 0.6) is 11.5 Å². The van der Waals surface area contributed by atoms with Crippen LogP contribution in [0.2, 0.25) is 5.02 Å². The molecule has 0 radical (unpaired) electrons. The number of para-hydroxylation sites is 1. The minimum atomic E-state index is -0.784. The molecule has 0 spiro atoms. The maximum atomic E-state index is 13.4. The highest BCUT2D eigenvalue weighted by Crippen LogP contribution is 2.30. The number of carbonyl (C=O) groups is 4. The topological polar surface area (TPSA) is 105 Å². The Morgan fingerprint density at radius 1 is 0.973 bits per heavy atom. The molecule has 0 fully saturated rings. The van der Waals surface area contributed by atoms with Crippen LogP contribution in [0.25, 0.3) is 0 Å². The lowest BCUT2D eigenvalue weighted by atomic mass is 10.1. The highest BCUT2D eigenvalue weighted by molar-refractivity contribution is 6.52. The summed E-state index contributed by atoms with van der Waals surface area (Å²) in [5.41, 5.74) is 1.75. The summed E-state index contributed by atoms with van der Waals surface area (Å²) >= 11 is 5.98. The molecular weight excluding hydrogens is 498 g/mol. The number of Topliss-reactive ketones (excluding diaryl/α,β-unsaturated/α-hetero) is 1. The van der Waals surface area contributed by atoms with Crippen LogP contribution in [0, 0.1) is 0 Å². The van der Waals surface area contributed by atoms with E-state index in [1.807, 2.05) is 0 Å². The fourth-order valence-electron chi connectivity index (χ4n) is 3.95. The molecule has 37 heavy (non-hydrogen) atoms. The first-order valence-electron chi connectivity index (χ1n) is 11.3. The summed E-state index contributed by atoms with van der Waals surface area (Å²) in [7, 11) is 2.98. The predicted octanol–water partition coefficient (Wildman–Crippen LogP) is 3.55. The molecule has 1 N–H and O–H groups in total. The van der Waals surface area contributed by atoms with E-state index in [4.69, 9.17) is 21.1 Å². The highest BCUT2D eigenvalue weighted by Gasteiger charge is 2.37. The largest absolute Gasteiger partial charge is 0.497 e. The number of amides is 3. The number of hydrogen-bond acceptors (Lipinski definition) is 6. The van der Waals surface area contributed by atoms with E-state index in [1.54, 1.807) is 66.7 Å². The molecule has 0 saturated heterocycles. The molecule has 1 aliphatic rings. The number of hydrogen-bond donors (Lipinski definition) is 1. The Hall–Kier alpha value is -4.37. The average Bonchev–Trinajstić information content (AvgIpc) is 3.14. The van der Waals surface area contributed by atoms with Crippen LogP contribution in [0.1, 0.15) is 15.9 Å². The molecule has 4 rings (SSSR count). The number of methoxy groups -OCH3 is 2. The highest BCUT2D eigenvalue weighted by atomic mass is 35.5. The lowest BCUT2D eigenvalue weighted by Crippen LogP contribution is -2.45. The number of ketones is 1. The third-order valence-electron chi connectivity index (χ3n) is 5.83. The van der Waals surface area contributed by atoms with E-state index in [1.165, 1.54) is 19.1 Å². The second-order valence-electron chi connectivity index (χ2n) is 8.23. The van der Waals surface area contributed by atoms with E-state index < -0.39 is 30.0 Å². The number of anilines is 2. The van der Waals surface area contributed by atoms with Gasteiger partial charge in [0.25, 0.3) is 11.7 Å². The Morgan fingerprint density at radius 2 is 1.70 bits per heavy atom. The fourth-order valence-corrected chi connectivity index (χ4v) is 4.07. The third-order valence-corrected chi connectivity index (χ3v) is 6.08. The maximum absolute atomic E-state index is 13.4. The number of nitrogens with zero attached hydrogens (tertiary/aromatic N) is 2. The Bertz CT molecular complexity index is 1360. The van der Waals surface area contributed by atoms with Gasteiger partial charge in [-0.25, -0.2) is 0 Å². The molecule has 0 unspecified atom stereocenters. The summed E-state index contributed by atoms with van der Waals surface area (Å²) < 4.78 is 10.5. The van der Waals surface area contributed by atoms with Crippen LogP contribution in [0.15, 0.2) is 66.7 Å². The first-order chi connectivity index (χ1) is 17.8. The quantitative estimate of drug-likeness (QED) is 0.432. The summed E-state index contributed by atoms with van der Waals surface area (Å²) in [6.45, 7) is -0.622.